The maximum atomic E-state index is 11.9. The van der Waals surface area contributed by atoms with Crippen LogP contribution in [0.25, 0.3) is 10.8 Å². The minimum Gasteiger partial charge on any atom is -0.455 e. The van der Waals surface area contributed by atoms with Gasteiger partial charge in [-0.25, -0.2) is 0 Å². The van der Waals surface area contributed by atoms with Crippen LogP contribution in [0.4, 0.5) is 0 Å². The van der Waals surface area contributed by atoms with Crippen molar-refractivity contribution in [3.05, 3.63) is 63.8 Å². The summed E-state index contributed by atoms with van der Waals surface area (Å²) in [6.07, 6.45) is 0. The second kappa shape index (κ2) is 9.59. The van der Waals surface area contributed by atoms with Crippen molar-refractivity contribution in [1.82, 2.24) is 10.9 Å². The summed E-state index contributed by atoms with van der Waals surface area (Å²) in [5.41, 5.74) is 4.45. The third-order valence-electron chi connectivity index (χ3n) is 3.59. The molecule has 2 aromatic carbocycles. The molecule has 3 aromatic rings. The number of esters is 1. The third kappa shape index (κ3) is 5.25. The van der Waals surface area contributed by atoms with Gasteiger partial charge in [0.15, 0.2) is 6.61 Å². The lowest BCUT2D eigenvalue weighted by molar-refractivity contribution is -0.146. The van der Waals surface area contributed by atoms with Crippen molar-refractivity contribution in [3.8, 4) is 0 Å². The van der Waals surface area contributed by atoms with E-state index in [0.717, 1.165) is 15.7 Å². The predicted molar refractivity (Wildman–Crippen MR) is 111 cm³/mol. The second-order valence-electron chi connectivity index (χ2n) is 5.52. The fraction of sp³-hybridized carbons (Fsp3) is 0.105. The first kappa shape index (κ1) is 20.2. The fourth-order valence-electron chi connectivity index (χ4n) is 2.34. The summed E-state index contributed by atoms with van der Waals surface area (Å²) in [6.45, 7) is -0.486. The number of hydrogen-bond donors (Lipinski definition) is 2. The second-order valence-corrected chi connectivity index (χ2v) is 7.90. The summed E-state index contributed by atoms with van der Waals surface area (Å²) < 4.78 is 4.94. The molecule has 0 saturated carbocycles. The monoisotopic (exact) mass is 434 g/mol. The van der Waals surface area contributed by atoms with Crippen LogP contribution in [0.5, 0.6) is 0 Å². The van der Waals surface area contributed by atoms with Crippen LogP contribution < -0.4 is 10.9 Å². The normalized spacial score (nSPS) is 10.5. The lowest BCUT2D eigenvalue weighted by atomic mass is 10.1. The Hall–Kier alpha value is -2.55. The highest BCUT2D eigenvalue weighted by Gasteiger charge is 2.12. The molecule has 0 spiro atoms. The molecule has 0 aliphatic rings. The van der Waals surface area contributed by atoms with E-state index in [0.29, 0.717) is 9.90 Å². The number of rotatable bonds is 6. The minimum atomic E-state index is -0.628. The molecule has 28 heavy (non-hydrogen) atoms. The Morgan fingerprint density at radius 3 is 2.57 bits per heavy atom. The number of amides is 2. The average molecular weight is 435 g/mol. The first-order valence-electron chi connectivity index (χ1n) is 8.13. The quantitative estimate of drug-likeness (QED) is 0.351. The summed E-state index contributed by atoms with van der Waals surface area (Å²) in [5, 5.41) is 4.21. The summed E-state index contributed by atoms with van der Waals surface area (Å²) in [7, 11) is 0. The van der Waals surface area contributed by atoms with Gasteiger partial charge in [0, 0.05) is 15.3 Å². The Balaban J connectivity index is 1.45. The molecule has 6 nitrogen and oxygen atoms in total. The van der Waals surface area contributed by atoms with Gasteiger partial charge < -0.3 is 4.74 Å². The number of thiophene rings is 1. The largest absolute Gasteiger partial charge is 0.455 e. The van der Waals surface area contributed by atoms with Crippen molar-refractivity contribution in [2.45, 2.75) is 4.90 Å². The van der Waals surface area contributed by atoms with E-state index in [1.54, 1.807) is 23.6 Å². The van der Waals surface area contributed by atoms with Crippen LogP contribution in [0.1, 0.15) is 9.67 Å². The maximum absolute atomic E-state index is 11.9. The molecule has 0 aliphatic heterocycles. The smallest absolute Gasteiger partial charge is 0.316 e. The van der Waals surface area contributed by atoms with Crippen molar-refractivity contribution >= 4 is 63.3 Å². The Morgan fingerprint density at radius 2 is 1.82 bits per heavy atom. The van der Waals surface area contributed by atoms with Gasteiger partial charge in [-0.2, -0.15) is 0 Å². The lowest BCUT2D eigenvalue weighted by Gasteiger charge is -2.09. The van der Waals surface area contributed by atoms with Crippen molar-refractivity contribution in [1.29, 1.82) is 0 Å². The van der Waals surface area contributed by atoms with Gasteiger partial charge >= 0.3 is 5.97 Å². The number of hydrazine groups is 1. The Morgan fingerprint density at radius 1 is 1.04 bits per heavy atom. The van der Waals surface area contributed by atoms with Gasteiger partial charge in [0.25, 0.3) is 11.8 Å². The Labute approximate surface area is 174 Å². The van der Waals surface area contributed by atoms with E-state index in [2.05, 4.69) is 10.9 Å². The molecule has 0 fully saturated rings. The van der Waals surface area contributed by atoms with Crippen LogP contribution in [0, 0.1) is 0 Å². The number of carbonyl (C=O) groups excluding carboxylic acids is 3. The zero-order valence-corrected chi connectivity index (χ0v) is 16.8. The van der Waals surface area contributed by atoms with Crippen LogP contribution in [0.15, 0.2) is 58.8 Å². The molecule has 0 radical (unpaired) electrons. The number of thioether (sulfide) groups is 1. The van der Waals surface area contributed by atoms with E-state index in [1.165, 1.54) is 23.1 Å². The first-order valence-corrected chi connectivity index (χ1v) is 10.4. The zero-order valence-electron chi connectivity index (χ0n) is 14.4. The van der Waals surface area contributed by atoms with Crippen molar-refractivity contribution in [3.63, 3.8) is 0 Å². The predicted octanol–water partition coefficient (Wildman–Crippen LogP) is 3.65. The molecule has 1 aromatic heterocycles. The van der Waals surface area contributed by atoms with E-state index in [4.69, 9.17) is 16.3 Å². The highest BCUT2D eigenvalue weighted by Crippen LogP contribution is 2.33. The zero-order chi connectivity index (χ0) is 19.9. The molecule has 3 rings (SSSR count). The van der Waals surface area contributed by atoms with Gasteiger partial charge in [0.1, 0.15) is 0 Å². The van der Waals surface area contributed by atoms with Gasteiger partial charge in [-0.05, 0) is 29.0 Å². The Bertz CT molecular complexity index is 1000. The summed E-state index contributed by atoms with van der Waals surface area (Å²) in [4.78, 5) is 36.6. The standard InChI is InChI=1S/C19H15ClN2O4S2/c20-13-6-1-4-12-5-2-7-14(18(12)13)28-11-17(24)26-10-16(23)21-22-19(25)15-8-3-9-27-15/h1-9H,10-11H2,(H,21,23)(H,22,25). The minimum absolute atomic E-state index is 0.0270. The topological polar surface area (TPSA) is 84.5 Å². The molecule has 144 valence electrons. The van der Waals surface area contributed by atoms with Crippen molar-refractivity contribution in [2.24, 2.45) is 0 Å². The molecule has 0 unspecified atom stereocenters. The number of halogens is 1. The van der Waals surface area contributed by atoms with E-state index >= 15 is 0 Å². The number of hydrogen-bond acceptors (Lipinski definition) is 6. The highest BCUT2D eigenvalue weighted by atomic mass is 35.5. The Kier molecular flexibility index (Phi) is 6.91. The highest BCUT2D eigenvalue weighted by molar-refractivity contribution is 8.00. The first-order chi connectivity index (χ1) is 13.5. The lowest BCUT2D eigenvalue weighted by Crippen LogP contribution is -2.43. The van der Waals surface area contributed by atoms with Crippen LogP contribution >= 0.6 is 34.7 Å². The van der Waals surface area contributed by atoms with Gasteiger partial charge in [0.05, 0.1) is 10.6 Å². The summed E-state index contributed by atoms with van der Waals surface area (Å²) in [6, 6.07) is 14.7. The van der Waals surface area contributed by atoms with Gasteiger partial charge in [-0.15, -0.1) is 23.1 Å². The number of fused-ring (bicyclic) bond motifs is 1. The molecule has 2 amide bonds. The summed E-state index contributed by atoms with van der Waals surface area (Å²) >= 11 is 8.79. The summed E-state index contributed by atoms with van der Waals surface area (Å²) in [5.74, 6) is -1.58. The fourth-order valence-corrected chi connectivity index (χ4v) is 4.20. The number of carbonyl (C=O) groups is 3. The van der Waals surface area contributed by atoms with E-state index in [-0.39, 0.29) is 5.75 Å². The molecular weight excluding hydrogens is 420 g/mol. The third-order valence-corrected chi connectivity index (χ3v) is 5.80. The molecule has 9 heteroatoms. The van der Waals surface area contributed by atoms with Gasteiger partial charge in [-0.1, -0.05) is 41.9 Å². The molecule has 0 bridgehead atoms. The van der Waals surface area contributed by atoms with Crippen LogP contribution in [0.2, 0.25) is 5.02 Å². The van der Waals surface area contributed by atoms with E-state index in [1.807, 2.05) is 30.3 Å². The van der Waals surface area contributed by atoms with Crippen LogP contribution in [-0.4, -0.2) is 30.1 Å². The number of nitrogens with one attached hydrogen (secondary N) is 2. The molecule has 0 atom stereocenters. The van der Waals surface area contributed by atoms with Gasteiger partial charge in [0.2, 0.25) is 0 Å². The molecule has 0 saturated heterocycles. The van der Waals surface area contributed by atoms with Crippen molar-refractivity contribution < 1.29 is 19.1 Å². The maximum Gasteiger partial charge on any atom is 0.316 e. The molecule has 2 N–H and O–H groups in total. The molecule has 1 heterocycles. The van der Waals surface area contributed by atoms with E-state index in [9.17, 15) is 14.4 Å². The van der Waals surface area contributed by atoms with Crippen LogP contribution in [0.3, 0.4) is 0 Å². The molecular formula is C19H15ClN2O4S2. The average Bonchev–Trinajstić information content (AvgIpc) is 3.24. The van der Waals surface area contributed by atoms with Crippen molar-refractivity contribution in [2.75, 3.05) is 12.4 Å². The number of ether oxygens (including phenoxy) is 1. The van der Waals surface area contributed by atoms with Gasteiger partial charge in [-0.3, -0.25) is 25.2 Å². The number of benzene rings is 2. The molecule has 0 aliphatic carbocycles. The van der Waals surface area contributed by atoms with E-state index < -0.39 is 24.4 Å². The SMILES string of the molecule is O=C(COC(=O)CSc1cccc2cccc(Cl)c12)NNC(=O)c1cccs1. The van der Waals surface area contributed by atoms with Crippen LogP contribution in [-0.2, 0) is 14.3 Å².